The number of nitrogens with one attached hydrogen (secondary N) is 1. The predicted molar refractivity (Wildman–Crippen MR) is 57.6 cm³/mol. The Morgan fingerprint density at radius 3 is 2.57 bits per heavy atom. The third-order valence-electron chi connectivity index (χ3n) is 2.09. The first-order valence-electron chi connectivity index (χ1n) is 5.04. The number of nitrogens with zero attached hydrogens (tertiary/aromatic N) is 1. The van der Waals surface area contributed by atoms with Crippen LogP contribution in [0.1, 0.15) is 45.5 Å². The number of rotatable bonds is 2. The Balaban J connectivity index is 3.14. The summed E-state index contributed by atoms with van der Waals surface area (Å²) in [6.45, 7) is 8.27. The van der Waals surface area contributed by atoms with E-state index >= 15 is 0 Å². The minimum atomic E-state index is -0.235. The highest BCUT2D eigenvalue weighted by atomic mass is 16.1. The van der Waals surface area contributed by atoms with E-state index in [2.05, 4.69) is 37.7 Å². The number of hydrogen-bond acceptors (Lipinski definition) is 2. The number of aromatic nitrogens is 2. The Morgan fingerprint density at radius 2 is 2.07 bits per heavy atom. The SMILES string of the molecule is CCCc1cc(C(C)(C)C)nc(=O)[nH]1. The molecule has 3 nitrogen and oxygen atoms in total. The third-order valence-corrected chi connectivity index (χ3v) is 2.09. The zero-order valence-corrected chi connectivity index (χ0v) is 9.35. The van der Waals surface area contributed by atoms with Gasteiger partial charge in [-0.2, -0.15) is 4.98 Å². The van der Waals surface area contributed by atoms with Crippen molar-refractivity contribution in [3.05, 3.63) is 27.9 Å². The summed E-state index contributed by atoms with van der Waals surface area (Å²) in [6.07, 6.45) is 1.93. The Kier molecular flexibility index (Phi) is 3.09. The van der Waals surface area contributed by atoms with E-state index in [0.717, 1.165) is 24.2 Å². The predicted octanol–water partition coefficient (Wildman–Crippen LogP) is 2.02. The molecule has 0 atom stereocenters. The molecular formula is C11H18N2O. The average molecular weight is 194 g/mol. The van der Waals surface area contributed by atoms with Gasteiger partial charge in [-0.3, -0.25) is 0 Å². The molecule has 78 valence electrons. The molecule has 1 aromatic heterocycles. The van der Waals surface area contributed by atoms with Gasteiger partial charge < -0.3 is 4.98 Å². The van der Waals surface area contributed by atoms with Gasteiger partial charge in [-0.1, -0.05) is 34.1 Å². The molecule has 0 saturated carbocycles. The Morgan fingerprint density at radius 1 is 1.43 bits per heavy atom. The molecule has 1 aromatic rings. The van der Waals surface area contributed by atoms with Gasteiger partial charge in [-0.25, -0.2) is 4.79 Å². The van der Waals surface area contributed by atoms with Crippen molar-refractivity contribution in [3.63, 3.8) is 0 Å². The molecule has 1 heterocycles. The zero-order valence-electron chi connectivity index (χ0n) is 9.35. The van der Waals surface area contributed by atoms with Crippen LogP contribution in [-0.2, 0) is 11.8 Å². The summed E-state index contributed by atoms with van der Waals surface area (Å²) in [6, 6.07) is 1.99. The highest BCUT2D eigenvalue weighted by Gasteiger charge is 2.16. The summed E-state index contributed by atoms with van der Waals surface area (Å²) in [7, 11) is 0. The molecule has 0 bridgehead atoms. The summed E-state index contributed by atoms with van der Waals surface area (Å²) in [5.74, 6) is 0. The van der Waals surface area contributed by atoms with Crippen LogP contribution in [0.5, 0.6) is 0 Å². The van der Waals surface area contributed by atoms with Crippen LogP contribution in [0, 0.1) is 0 Å². The molecule has 0 aliphatic carbocycles. The Bertz CT molecular complexity index is 360. The van der Waals surface area contributed by atoms with Crippen molar-refractivity contribution in [3.8, 4) is 0 Å². The third kappa shape index (κ3) is 2.69. The molecule has 0 fully saturated rings. The van der Waals surface area contributed by atoms with Gasteiger partial charge in [0.05, 0.1) is 5.69 Å². The minimum absolute atomic E-state index is 0.0588. The second kappa shape index (κ2) is 3.95. The summed E-state index contributed by atoms with van der Waals surface area (Å²) >= 11 is 0. The lowest BCUT2D eigenvalue weighted by molar-refractivity contribution is 0.561. The van der Waals surface area contributed by atoms with Crippen molar-refractivity contribution >= 4 is 0 Å². The minimum Gasteiger partial charge on any atom is -0.310 e. The van der Waals surface area contributed by atoms with Gasteiger partial charge in [-0.05, 0) is 12.5 Å². The second-order valence-corrected chi connectivity index (χ2v) is 4.60. The Hall–Kier alpha value is -1.12. The maximum Gasteiger partial charge on any atom is 0.345 e. The van der Waals surface area contributed by atoms with Crippen LogP contribution in [-0.4, -0.2) is 9.97 Å². The maximum absolute atomic E-state index is 11.3. The van der Waals surface area contributed by atoms with E-state index in [1.54, 1.807) is 0 Å². The first kappa shape index (κ1) is 11.0. The molecule has 0 spiro atoms. The zero-order chi connectivity index (χ0) is 10.8. The normalized spacial score (nSPS) is 11.7. The largest absolute Gasteiger partial charge is 0.345 e. The van der Waals surface area contributed by atoms with Crippen LogP contribution in [0.15, 0.2) is 10.9 Å². The van der Waals surface area contributed by atoms with Gasteiger partial charge >= 0.3 is 5.69 Å². The van der Waals surface area contributed by atoms with Gasteiger partial charge in [0, 0.05) is 11.1 Å². The molecule has 0 aliphatic heterocycles. The van der Waals surface area contributed by atoms with Gasteiger partial charge in [0.2, 0.25) is 0 Å². The van der Waals surface area contributed by atoms with Crippen molar-refractivity contribution in [2.45, 2.75) is 46.0 Å². The standard InChI is InChI=1S/C11H18N2O/c1-5-6-8-7-9(11(2,3)4)13-10(14)12-8/h7H,5-6H2,1-4H3,(H,12,13,14). The number of aryl methyl sites for hydroxylation is 1. The average Bonchev–Trinajstić information content (AvgIpc) is 2.02. The number of H-pyrrole nitrogens is 1. The van der Waals surface area contributed by atoms with E-state index in [0.29, 0.717) is 0 Å². The summed E-state index contributed by atoms with van der Waals surface area (Å²) in [4.78, 5) is 18.0. The first-order valence-corrected chi connectivity index (χ1v) is 5.04. The quantitative estimate of drug-likeness (QED) is 0.782. The van der Waals surface area contributed by atoms with Gasteiger partial charge in [0.1, 0.15) is 0 Å². The molecule has 14 heavy (non-hydrogen) atoms. The van der Waals surface area contributed by atoms with E-state index in [4.69, 9.17) is 0 Å². The lowest BCUT2D eigenvalue weighted by atomic mass is 9.91. The molecule has 1 N–H and O–H groups in total. The summed E-state index contributed by atoms with van der Waals surface area (Å²) in [5.41, 5.74) is 1.56. The number of aromatic amines is 1. The van der Waals surface area contributed by atoms with E-state index in [1.165, 1.54) is 0 Å². The van der Waals surface area contributed by atoms with Gasteiger partial charge in [-0.15, -0.1) is 0 Å². The van der Waals surface area contributed by atoms with Crippen LogP contribution in [0.25, 0.3) is 0 Å². The van der Waals surface area contributed by atoms with Crippen LogP contribution in [0.4, 0.5) is 0 Å². The topological polar surface area (TPSA) is 45.8 Å². The molecule has 0 aliphatic rings. The molecule has 0 radical (unpaired) electrons. The molecule has 1 rings (SSSR count). The highest BCUT2D eigenvalue weighted by Crippen LogP contribution is 2.19. The lowest BCUT2D eigenvalue weighted by Gasteiger charge is -2.17. The molecular weight excluding hydrogens is 176 g/mol. The highest BCUT2D eigenvalue weighted by molar-refractivity contribution is 5.15. The maximum atomic E-state index is 11.3. The van der Waals surface area contributed by atoms with Crippen LogP contribution in [0.2, 0.25) is 0 Å². The molecule has 3 heteroatoms. The van der Waals surface area contributed by atoms with Crippen molar-refractivity contribution in [2.24, 2.45) is 0 Å². The first-order chi connectivity index (χ1) is 6.43. The molecule has 0 aromatic carbocycles. The van der Waals surface area contributed by atoms with E-state index in [9.17, 15) is 4.79 Å². The van der Waals surface area contributed by atoms with Crippen LogP contribution < -0.4 is 5.69 Å². The fourth-order valence-corrected chi connectivity index (χ4v) is 1.30. The summed E-state index contributed by atoms with van der Waals surface area (Å²) < 4.78 is 0. The fraction of sp³-hybridized carbons (Fsp3) is 0.636. The monoisotopic (exact) mass is 194 g/mol. The molecule has 0 unspecified atom stereocenters. The van der Waals surface area contributed by atoms with Crippen molar-refractivity contribution in [2.75, 3.05) is 0 Å². The van der Waals surface area contributed by atoms with Crippen molar-refractivity contribution < 1.29 is 0 Å². The fourth-order valence-electron chi connectivity index (χ4n) is 1.30. The second-order valence-electron chi connectivity index (χ2n) is 4.60. The van der Waals surface area contributed by atoms with Gasteiger partial charge in [0.15, 0.2) is 0 Å². The van der Waals surface area contributed by atoms with Crippen molar-refractivity contribution in [1.29, 1.82) is 0 Å². The van der Waals surface area contributed by atoms with Gasteiger partial charge in [0.25, 0.3) is 0 Å². The molecule has 0 saturated heterocycles. The van der Waals surface area contributed by atoms with Crippen molar-refractivity contribution in [1.82, 2.24) is 9.97 Å². The van der Waals surface area contributed by atoms with E-state index in [-0.39, 0.29) is 11.1 Å². The summed E-state index contributed by atoms with van der Waals surface area (Å²) in [5, 5.41) is 0. The number of hydrogen-bond donors (Lipinski definition) is 1. The Labute approximate surface area is 84.6 Å². The smallest absolute Gasteiger partial charge is 0.310 e. The molecule has 0 amide bonds. The van der Waals surface area contributed by atoms with E-state index in [1.807, 2.05) is 6.07 Å². The van der Waals surface area contributed by atoms with Crippen LogP contribution >= 0.6 is 0 Å². The van der Waals surface area contributed by atoms with E-state index < -0.39 is 0 Å². The van der Waals surface area contributed by atoms with Crippen LogP contribution in [0.3, 0.4) is 0 Å². The lowest BCUT2D eigenvalue weighted by Crippen LogP contribution is -2.22.